The Morgan fingerprint density at radius 2 is 1.78 bits per heavy atom. The van der Waals surface area contributed by atoms with Crippen molar-refractivity contribution in [2.45, 2.75) is 46.4 Å². The number of carbonyl (C=O) groups is 2. The first-order chi connectivity index (χ1) is 8.09. The molecule has 106 valence electrons. The highest BCUT2D eigenvalue weighted by atomic mass is 28.3. The minimum atomic E-state index is -1.47. The van der Waals surface area contributed by atoms with Gasteiger partial charge in [-0.15, -0.1) is 0 Å². The van der Waals surface area contributed by atoms with Crippen molar-refractivity contribution in [1.82, 2.24) is 0 Å². The van der Waals surface area contributed by atoms with Crippen LogP contribution >= 0.6 is 0 Å². The van der Waals surface area contributed by atoms with E-state index in [0.29, 0.717) is 0 Å². The van der Waals surface area contributed by atoms with E-state index in [1.54, 1.807) is 0 Å². The third kappa shape index (κ3) is 5.64. The summed E-state index contributed by atoms with van der Waals surface area (Å²) in [7, 11) is -0.173. The maximum atomic E-state index is 11.8. The van der Waals surface area contributed by atoms with Gasteiger partial charge in [0.2, 0.25) is 0 Å². The summed E-state index contributed by atoms with van der Waals surface area (Å²) >= 11 is 0. The Morgan fingerprint density at radius 3 is 2.06 bits per heavy atom. The molecular formula is C12H24O5Si. The average molecular weight is 276 g/mol. The smallest absolute Gasteiger partial charge is 0.334 e. The van der Waals surface area contributed by atoms with Crippen LogP contribution in [-0.2, 0) is 18.8 Å². The number of methoxy groups -OCH3 is 1. The standard InChI is InChI=1S/C12H24O5Si/c1-12(2,3)8(7-9(13)14)10(11(15)16-4)17-18(5)6/h8,10,18H,7H2,1-6H3,(H,13,14). The Bertz CT molecular complexity index is 295. The first kappa shape index (κ1) is 17.1. The molecule has 0 fully saturated rings. The highest BCUT2D eigenvalue weighted by Gasteiger charge is 2.39. The number of carboxylic acids is 1. The van der Waals surface area contributed by atoms with E-state index in [2.05, 4.69) is 0 Å². The van der Waals surface area contributed by atoms with Crippen LogP contribution in [0.15, 0.2) is 0 Å². The zero-order valence-corrected chi connectivity index (χ0v) is 13.2. The van der Waals surface area contributed by atoms with Crippen molar-refractivity contribution < 1.29 is 23.9 Å². The first-order valence-electron chi connectivity index (χ1n) is 6.04. The van der Waals surface area contributed by atoms with Crippen molar-refractivity contribution in [2.24, 2.45) is 11.3 Å². The summed E-state index contributed by atoms with van der Waals surface area (Å²) in [6.45, 7) is 9.60. The molecule has 0 saturated carbocycles. The molecule has 0 aliphatic rings. The fourth-order valence-electron chi connectivity index (χ4n) is 1.78. The quantitative estimate of drug-likeness (QED) is 0.590. The minimum absolute atomic E-state index is 0.107. The predicted octanol–water partition coefficient (Wildman–Crippen LogP) is 1.66. The first-order valence-corrected chi connectivity index (χ1v) is 8.82. The minimum Gasteiger partial charge on any atom is -0.481 e. The molecule has 2 unspecified atom stereocenters. The van der Waals surface area contributed by atoms with Crippen molar-refractivity contribution in [2.75, 3.05) is 7.11 Å². The van der Waals surface area contributed by atoms with Gasteiger partial charge in [0, 0.05) is 5.92 Å². The lowest BCUT2D eigenvalue weighted by Crippen LogP contribution is -2.43. The molecule has 5 nitrogen and oxygen atoms in total. The fourth-order valence-corrected chi connectivity index (χ4v) is 2.67. The van der Waals surface area contributed by atoms with Gasteiger partial charge < -0.3 is 14.3 Å². The molecule has 0 aliphatic carbocycles. The Balaban J connectivity index is 5.19. The SMILES string of the molecule is COC(=O)C(O[SiH](C)C)C(CC(=O)O)C(C)(C)C. The summed E-state index contributed by atoms with van der Waals surface area (Å²) in [4.78, 5) is 22.8. The molecule has 18 heavy (non-hydrogen) atoms. The van der Waals surface area contributed by atoms with Gasteiger partial charge in [0.05, 0.1) is 13.5 Å². The van der Waals surface area contributed by atoms with Gasteiger partial charge in [0.25, 0.3) is 0 Å². The maximum absolute atomic E-state index is 11.8. The maximum Gasteiger partial charge on any atom is 0.334 e. The second-order valence-corrected chi connectivity index (χ2v) is 8.07. The van der Waals surface area contributed by atoms with E-state index in [-0.39, 0.29) is 11.8 Å². The van der Waals surface area contributed by atoms with Crippen LogP contribution in [-0.4, -0.2) is 39.3 Å². The van der Waals surface area contributed by atoms with Crippen LogP contribution in [0.2, 0.25) is 13.1 Å². The lowest BCUT2D eigenvalue weighted by atomic mass is 9.75. The van der Waals surface area contributed by atoms with Crippen LogP contribution < -0.4 is 0 Å². The Morgan fingerprint density at radius 1 is 1.28 bits per heavy atom. The van der Waals surface area contributed by atoms with E-state index in [1.165, 1.54) is 7.11 Å². The lowest BCUT2D eigenvalue weighted by molar-refractivity contribution is -0.156. The lowest BCUT2D eigenvalue weighted by Gasteiger charge is -2.35. The molecule has 0 amide bonds. The molecule has 0 spiro atoms. The molecule has 0 bridgehead atoms. The molecule has 0 aliphatic heterocycles. The molecule has 6 heteroatoms. The summed E-state index contributed by atoms with van der Waals surface area (Å²) < 4.78 is 10.4. The van der Waals surface area contributed by atoms with E-state index in [9.17, 15) is 9.59 Å². The molecule has 1 N–H and O–H groups in total. The van der Waals surface area contributed by atoms with Gasteiger partial charge in [-0.1, -0.05) is 20.8 Å². The molecular weight excluding hydrogens is 252 g/mol. The number of hydrogen-bond acceptors (Lipinski definition) is 4. The van der Waals surface area contributed by atoms with Gasteiger partial charge in [-0.2, -0.15) is 0 Å². The zero-order chi connectivity index (χ0) is 14.5. The summed E-state index contributed by atoms with van der Waals surface area (Å²) in [5.74, 6) is -1.83. The molecule has 0 aromatic carbocycles. The summed E-state index contributed by atoms with van der Waals surface area (Å²) in [6, 6.07) is 0. The van der Waals surface area contributed by atoms with Gasteiger partial charge in [0.15, 0.2) is 9.04 Å². The fraction of sp³-hybridized carbons (Fsp3) is 0.833. The number of carbonyl (C=O) groups excluding carboxylic acids is 1. The summed E-state index contributed by atoms with van der Waals surface area (Å²) in [6.07, 6.45) is -0.900. The van der Waals surface area contributed by atoms with Crippen LogP contribution in [0.3, 0.4) is 0 Å². The van der Waals surface area contributed by atoms with Crippen molar-refractivity contribution in [1.29, 1.82) is 0 Å². The number of hydrogen-bond donors (Lipinski definition) is 1. The highest BCUT2D eigenvalue weighted by Crippen LogP contribution is 2.33. The van der Waals surface area contributed by atoms with Crippen molar-refractivity contribution >= 4 is 21.0 Å². The van der Waals surface area contributed by atoms with Crippen molar-refractivity contribution in [3.05, 3.63) is 0 Å². The molecule has 0 saturated heterocycles. The van der Waals surface area contributed by atoms with Crippen LogP contribution in [0.5, 0.6) is 0 Å². The number of carboxylic acid groups (broad SMARTS) is 1. The monoisotopic (exact) mass is 276 g/mol. The van der Waals surface area contributed by atoms with Crippen LogP contribution in [0.4, 0.5) is 0 Å². The van der Waals surface area contributed by atoms with Gasteiger partial charge in [0.1, 0.15) is 6.10 Å². The molecule has 0 rings (SSSR count). The molecule has 0 heterocycles. The van der Waals surface area contributed by atoms with E-state index in [0.717, 1.165) is 0 Å². The third-order valence-corrected chi connectivity index (χ3v) is 3.56. The Hall–Kier alpha value is -0.883. The Labute approximate surface area is 110 Å². The summed E-state index contributed by atoms with van der Waals surface area (Å²) in [5, 5.41) is 8.99. The highest BCUT2D eigenvalue weighted by molar-refractivity contribution is 6.48. The van der Waals surface area contributed by atoms with E-state index in [4.69, 9.17) is 14.3 Å². The van der Waals surface area contributed by atoms with Gasteiger partial charge >= 0.3 is 11.9 Å². The normalized spacial score (nSPS) is 15.3. The predicted molar refractivity (Wildman–Crippen MR) is 71.0 cm³/mol. The van der Waals surface area contributed by atoms with E-state index < -0.39 is 33.0 Å². The van der Waals surface area contributed by atoms with Crippen molar-refractivity contribution in [3.63, 3.8) is 0 Å². The molecule has 2 atom stereocenters. The van der Waals surface area contributed by atoms with Crippen LogP contribution in [0.1, 0.15) is 27.2 Å². The van der Waals surface area contributed by atoms with E-state index >= 15 is 0 Å². The second kappa shape index (κ2) is 6.89. The number of rotatable bonds is 6. The molecule has 0 radical (unpaired) electrons. The van der Waals surface area contributed by atoms with Gasteiger partial charge in [-0.05, 0) is 18.5 Å². The molecule has 0 aromatic heterocycles. The van der Waals surface area contributed by atoms with Gasteiger partial charge in [-0.25, -0.2) is 4.79 Å². The zero-order valence-electron chi connectivity index (χ0n) is 12.0. The van der Waals surface area contributed by atoms with Crippen LogP contribution in [0, 0.1) is 11.3 Å². The average Bonchev–Trinajstić information content (AvgIpc) is 2.19. The van der Waals surface area contributed by atoms with Crippen LogP contribution in [0.25, 0.3) is 0 Å². The van der Waals surface area contributed by atoms with E-state index in [1.807, 2.05) is 33.9 Å². The summed E-state index contributed by atoms with van der Waals surface area (Å²) in [5.41, 5.74) is -0.347. The molecule has 0 aromatic rings. The largest absolute Gasteiger partial charge is 0.481 e. The van der Waals surface area contributed by atoms with Crippen molar-refractivity contribution in [3.8, 4) is 0 Å². The van der Waals surface area contributed by atoms with Gasteiger partial charge in [-0.3, -0.25) is 4.79 Å². The Kier molecular flexibility index (Phi) is 6.55. The number of ether oxygens (including phenoxy) is 1. The second-order valence-electron chi connectivity index (χ2n) is 5.70. The number of esters is 1. The third-order valence-electron chi connectivity index (χ3n) is 2.72. The number of aliphatic carboxylic acids is 1. The topological polar surface area (TPSA) is 72.8 Å².